The lowest BCUT2D eigenvalue weighted by Crippen LogP contribution is -2.16. The predicted octanol–water partition coefficient (Wildman–Crippen LogP) is 2.92. The molecule has 2 N–H and O–H groups in total. The number of fused-ring (bicyclic) bond motifs is 1. The van der Waals surface area contributed by atoms with Crippen LogP contribution in [-0.2, 0) is 17.6 Å². The topological polar surface area (TPSA) is 141 Å². The number of benzene rings is 1. The maximum absolute atomic E-state index is 12.6. The molecule has 0 atom stereocenters. The number of H-pyrrole nitrogens is 1. The van der Waals surface area contributed by atoms with Gasteiger partial charge in [-0.25, -0.2) is 4.98 Å². The molecule has 0 saturated carbocycles. The number of carbonyl (C=O) groups is 1. The number of aromatic amines is 1. The second-order valence-electron chi connectivity index (χ2n) is 6.67. The van der Waals surface area contributed by atoms with Gasteiger partial charge in [-0.1, -0.05) is 0 Å². The first-order chi connectivity index (χ1) is 15.6. The molecule has 160 valence electrons. The van der Waals surface area contributed by atoms with Crippen LogP contribution in [0.3, 0.4) is 0 Å². The van der Waals surface area contributed by atoms with Crippen LogP contribution in [0.1, 0.15) is 17.0 Å². The summed E-state index contributed by atoms with van der Waals surface area (Å²) >= 11 is 1.41. The van der Waals surface area contributed by atoms with Gasteiger partial charge in [-0.2, -0.15) is 15.6 Å². The molecule has 0 aliphatic rings. The van der Waals surface area contributed by atoms with Crippen molar-refractivity contribution in [3.05, 3.63) is 46.7 Å². The van der Waals surface area contributed by atoms with E-state index in [1.165, 1.54) is 11.3 Å². The number of thiazole rings is 1. The average molecular weight is 447 g/mol. The summed E-state index contributed by atoms with van der Waals surface area (Å²) in [6, 6.07) is 9.39. The fourth-order valence-electron chi connectivity index (χ4n) is 3.24. The molecule has 1 aromatic carbocycles. The van der Waals surface area contributed by atoms with Crippen molar-refractivity contribution in [2.75, 3.05) is 19.5 Å². The Morgan fingerprint density at radius 3 is 2.88 bits per heavy atom. The van der Waals surface area contributed by atoms with Crippen LogP contribution < -0.4 is 14.8 Å². The molecule has 4 aromatic rings. The lowest BCUT2D eigenvalue weighted by atomic mass is 10.1. The predicted molar refractivity (Wildman–Crippen MR) is 117 cm³/mol. The zero-order valence-corrected chi connectivity index (χ0v) is 18.0. The third-order valence-corrected chi connectivity index (χ3v) is 5.66. The summed E-state index contributed by atoms with van der Waals surface area (Å²) in [5.41, 5.74) is 2.72. The van der Waals surface area contributed by atoms with Gasteiger partial charge >= 0.3 is 0 Å². The summed E-state index contributed by atoms with van der Waals surface area (Å²) in [7, 11) is 3.18. The number of methoxy groups -OCH3 is 2. The summed E-state index contributed by atoms with van der Waals surface area (Å²) in [6.07, 6.45) is 1.89. The number of aromatic nitrogens is 4. The van der Waals surface area contributed by atoms with Gasteiger partial charge in [0.1, 0.15) is 23.1 Å². The summed E-state index contributed by atoms with van der Waals surface area (Å²) in [5.74, 6) is 1.11. The standard InChI is InChI=1S/C21H17N7O3S/c1-30-13-3-4-18(31-2)14(8-13)17-10-28-12(11-32-21(28)24-17)7-19(29)25-20-15(9-23)16(5-6-22)26-27-20/h3-4,8,10-11H,5,7H2,1-2H3,(H2,25,26,27,29). The third kappa shape index (κ3) is 3.85. The molecule has 0 radical (unpaired) electrons. The Morgan fingerprint density at radius 2 is 2.16 bits per heavy atom. The number of nitriles is 2. The summed E-state index contributed by atoms with van der Waals surface area (Å²) < 4.78 is 12.6. The molecule has 32 heavy (non-hydrogen) atoms. The SMILES string of the molecule is COc1ccc(OC)c(-c2cn3c(CC(=O)Nc4n[nH]c(CC#N)c4C#N)csc3n2)c1. The van der Waals surface area contributed by atoms with Crippen LogP contribution in [0.4, 0.5) is 5.82 Å². The van der Waals surface area contributed by atoms with E-state index in [4.69, 9.17) is 14.7 Å². The fraction of sp³-hybridized carbons (Fsp3) is 0.190. The normalized spacial score (nSPS) is 10.5. The Hall–Kier alpha value is -4.35. The number of rotatable bonds is 7. The molecule has 3 aromatic heterocycles. The van der Waals surface area contributed by atoms with Gasteiger partial charge in [0.25, 0.3) is 0 Å². The Balaban J connectivity index is 1.58. The maximum Gasteiger partial charge on any atom is 0.231 e. The van der Waals surface area contributed by atoms with Gasteiger partial charge in [-0.15, -0.1) is 11.3 Å². The van der Waals surface area contributed by atoms with Crippen LogP contribution in [0, 0.1) is 22.7 Å². The third-order valence-electron chi connectivity index (χ3n) is 4.77. The molecule has 4 rings (SSSR count). The van der Waals surface area contributed by atoms with Gasteiger partial charge in [-0.3, -0.25) is 14.3 Å². The van der Waals surface area contributed by atoms with Crippen LogP contribution in [-0.4, -0.2) is 39.7 Å². The van der Waals surface area contributed by atoms with E-state index >= 15 is 0 Å². The van der Waals surface area contributed by atoms with Crippen molar-refractivity contribution in [2.24, 2.45) is 0 Å². The number of amides is 1. The van der Waals surface area contributed by atoms with E-state index in [-0.39, 0.29) is 30.1 Å². The van der Waals surface area contributed by atoms with E-state index in [2.05, 4.69) is 20.5 Å². The van der Waals surface area contributed by atoms with Crippen molar-refractivity contribution in [2.45, 2.75) is 12.8 Å². The van der Waals surface area contributed by atoms with Gasteiger partial charge in [0.2, 0.25) is 5.91 Å². The fourth-order valence-corrected chi connectivity index (χ4v) is 4.11. The van der Waals surface area contributed by atoms with E-state index < -0.39 is 0 Å². The Labute approximate surface area is 186 Å². The summed E-state index contributed by atoms with van der Waals surface area (Å²) in [6.45, 7) is 0. The first kappa shape index (κ1) is 20.9. The highest BCUT2D eigenvalue weighted by atomic mass is 32.1. The Bertz CT molecular complexity index is 1390. The van der Waals surface area contributed by atoms with Crippen molar-refractivity contribution in [3.8, 4) is 34.9 Å². The number of hydrogen-bond donors (Lipinski definition) is 2. The van der Waals surface area contributed by atoms with Crippen molar-refractivity contribution >= 4 is 28.0 Å². The summed E-state index contributed by atoms with van der Waals surface area (Å²) in [4.78, 5) is 18.0. The minimum Gasteiger partial charge on any atom is -0.497 e. The minimum absolute atomic E-state index is 0.00244. The molecule has 0 fully saturated rings. The maximum atomic E-state index is 12.6. The van der Waals surface area contributed by atoms with Crippen LogP contribution in [0.15, 0.2) is 29.8 Å². The lowest BCUT2D eigenvalue weighted by molar-refractivity contribution is -0.115. The molecule has 0 unspecified atom stereocenters. The number of carbonyl (C=O) groups excluding carboxylic acids is 1. The van der Waals surface area contributed by atoms with Crippen LogP contribution in [0.5, 0.6) is 11.5 Å². The van der Waals surface area contributed by atoms with Crippen molar-refractivity contribution in [1.29, 1.82) is 10.5 Å². The molecule has 1 amide bonds. The lowest BCUT2D eigenvalue weighted by Gasteiger charge is -2.08. The van der Waals surface area contributed by atoms with Crippen LogP contribution >= 0.6 is 11.3 Å². The largest absolute Gasteiger partial charge is 0.497 e. The zero-order valence-electron chi connectivity index (χ0n) is 17.2. The van der Waals surface area contributed by atoms with Gasteiger partial charge in [-0.05, 0) is 18.2 Å². The first-order valence-electron chi connectivity index (χ1n) is 9.40. The van der Waals surface area contributed by atoms with Crippen LogP contribution in [0.25, 0.3) is 16.2 Å². The van der Waals surface area contributed by atoms with E-state index in [0.29, 0.717) is 22.9 Å². The minimum atomic E-state index is -0.342. The summed E-state index contributed by atoms with van der Waals surface area (Å²) in [5, 5.41) is 29.2. The highest BCUT2D eigenvalue weighted by Gasteiger charge is 2.18. The Morgan fingerprint density at radius 1 is 1.31 bits per heavy atom. The number of hydrogen-bond acceptors (Lipinski definition) is 8. The number of anilines is 1. The Kier molecular flexibility index (Phi) is 5.75. The molecule has 0 spiro atoms. The van der Waals surface area contributed by atoms with Gasteiger partial charge in [0.15, 0.2) is 10.8 Å². The smallest absolute Gasteiger partial charge is 0.231 e. The zero-order chi connectivity index (χ0) is 22.7. The van der Waals surface area contributed by atoms with Crippen LogP contribution in [0.2, 0.25) is 0 Å². The van der Waals surface area contributed by atoms with Crippen molar-refractivity contribution in [1.82, 2.24) is 19.6 Å². The molecular weight excluding hydrogens is 430 g/mol. The highest BCUT2D eigenvalue weighted by Crippen LogP contribution is 2.34. The van der Waals surface area contributed by atoms with Crippen molar-refractivity contribution < 1.29 is 14.3 Å². The molecule has 0 aliphatic carbocycles. The average Bonchev–Trinajstić information content (AvgIpc) is 3.49. The number of nitrogens with zero attached hydrogens (tertiary/aromatic N) is 5. The molecule has 3 heterocycles. The van der Waals surface area contributed by atoms with E-state index in [1.54, 1.807) is 14.2 Å². The highest BCUT2D eigenvalue weighted by molar-refractivity contribution is 7.15. The number of nitrogens with one attached hydrogen (secondary N) is 2. The van der Waals surface area contributed by atoms with Gasteiger partial charge in [0, 0.05) is 22.8 Å². The quantitative estimate of drug-likeness (QED) is 0.444. The molecule has 11 heteroatoms. The molecule has 0 saturated heterocycles. The molecular formula is C21H17N7O3S. The molecule has 10 nitrogen and oxygen atoms in total. The van der Waals surface area contributed by atoms with E-state index in [0.717, 1.165) is 16.2 Å². The van der Waals surface area contributed by atoms with E-state index in [1.807, 2.05) is 46.3 Å². The van der Waals surface area contributed by atoms with Gasteiger partial charge in [0.05, 0.1) is 44.5 Å². The monoisotopic (exact) mass is 447 g/mol. The molecule has 0 bridgehead atoms. The first-order valence-corrected chi connectivity index (χ1v) is 10.3. The van der Waals surface area contributed by atoms with Crippen molar-refractivity contribution in [3.63, 3.8) is 0 Å². The second-order valence-corrected chi connectivity index (χ2v) is 7.51. The number of imidazole rings is 1. The second kappa shape index (κ2) is 8.79. The van der Waals surface area contributed by atoms with Gasteiger partial charge < -0.3 is 14.8 Å². The van der Waals surface area contributed by atoms with E-state index in [9.17, 15) is 10.1 Å². The number of ether oxygens (including phenoxy) is 2. The molecule has 0 aliphatic heterocycles.